The fraction of sp³-hybridized carbons (Fsp3) is 0.217. The fourth-order valence-corrected chi connectivity index (χ4v) is 4.69. The van der Waals surface area contributed by atoms with Crippen LogP contribution in [0.3, 0.4) is 0 Å². The van der Waals surface area contributed by atoms with Gasteiger partial charge in [-0.3, -0.25) is 9.10 Å². The van der Waals surface area contributed by atoms with Crippen molar-refractivity contribution in [1.29, 1.82) is 0 Å². The average Bonchev–Trinajstić information content (AvgIpc) is 2.82. The molecule has 2 aromatic carbocycles. The summed E-state index contributed by atoms with van der Waals surface area (Å²) in [6, 6.07) is 10.7. The Balaban J connectivity index is 2.13. The number of anilines is 1. The van der Waals surface area contributed by atoms with Gasteiger partial charge in [-0.1, -0.05) is 35.3 Å². The molecular formula is C23H19Cl2F3N2O4S. The summed E-state index contributed by atoms with van der Waals surface area (Å²) in [5.74, 6) is -0.249. The molecule has 186 valence electrons. The second-order valence-corrected chi connectivity index (χ2v) is 9.22. The molecule has 0 bridgehead atoms. The lowest BCUT2D eigenvalue weighted by atomic mass is 10.1. The number of nitrogens with zero attached hydrogens (tertiary/aromatic N) is 2. The first kappa shape index (κ1) is 26.9. The lowest BCUT2D eigenvalue weighted by Crippen LogP contribution is -2.30. The Morgan fingerprint density at radius 1 is 1.14 bits per heavy atom. The van der Waals surface area contributed by atoms with Crippen molar-refractivity contribution in [2.45, 2.75) is 18.0 Å². The monoisotopic (exact) mass is 546 g/mol. The predicted molar refractivity (Wildman–Crippen MR) is 128 cm³/mol. The summed E-state index contributed by atoms with van der Waals surface area (Å²) in [5, 5.41) is -0.427. The van der Waals surface area contributed by atoms with E-state index < -0.39 is 33.5 Å². The summed E-state index contributed by atoms with van der Waals surface area (Å²) in [6.07, 6.45) is -3.52. The van der Waals surface area contributed by atoms with Crippen molar-refractivity contribution in [3.63, 3.8) is 0 Å². The number of hydrogen-bond acceptors (Lipinski definition) is 5. The van der Waals surface area contributed by atoms with Gasteiger partial charge in [0.05, 0.1) is 38.4 Å². The van der Waals surface area contributed by atoms with E-state index in [0.717, 1.165) is 10.4 Å². The lowest BCUT2D eigenvalue weighted by molar-refractivity contribution is -0.137. The molecule has 0 aliphatic carbocycles. The molecule has 0 amide bonds. The standard InChI is InChI=1S/C23H19Cl2F3N2O4S/c1-3-34-20-7-5-4-6-16(20)22(31)21-19(10-14(24)12-29-21)30(13-33-2)35(32)15-8-9-18(25)17(11-15)23(26,27)28/h4-12H,3,13H2,1-2H3. The van der Waals surface area contributed by atoms with Gasteiger partial charge in [0.2, 0.25) is 5.78 Å². The molecule has 1 atom stereocenters. The van der Waals surface area contributed by atoms with Gasteiger partial charge in [0.25, 0.3) is 0 Å². The van der Waals surface area contributed by atoms with Gasteiger partial charge in [-0.05, 0) is 43.3 Å². The number of benzene rings is 2. The normalized spacial score (nSPS) is 12.3. The van der Waals surface area contributed by atoms with Gasteiger partial charge in [-0.25, -0.2) is 9.19 Å². The van der Waals surface area contributed by atoms with Crippen LogP contribution in [0.2, 0.25) is 10.0 Å². The SMILES string of the molecule is CCOc1ccccc1C(=O)c1ncc(Cl)cc1N(COC)S(=O)c1ccc(Cl)c(C(F)(F)F)c1. The van der Waals surface area contributed by atoms with Crippen LogP contribution >= 0.6 is 23.2 Å². The predicted octanol–water partition coefficient (Wildman–Crippen LogP) is 6.17. The molecule has 3 aromatic rings. The molecule has 0 saturated heterocycles. The quantitative estimate of drug-likeness (QED) is 0.237. The zero-order valence-corrected chi connectivity index (χ0v) is 20.8. The van der Waals surface area contributed by atoms with Gasteiger partial charge in [0.1, 0.15) is 18.2 Å². The Labute approximate surface area is 212 Å². The first-order valence-electron chi connectivity index (χ1n) is 10.1. The van der Waals surface area contributed by atoms with E-state index in [1.54, 1.807) is 31.2 Å². The third-order valence-electron chi connectivity index (χ3n) is 4.64. The van der Waals surface area contributed by atoms with Crippen molar-refractivity contribution in [1.82, 2.24) is 4.98 Å². The molecule has 0 aliphatic heterocycles. The van der Waals surface area contributed by atoms with Crippen molar-refractivity contribution < 1.29 is 31.6 Å². The number of aromatic nitrogens is 1. The molecule has 0 spiro atoms. The number of carbonyl (C=O) groups is 1. The Morgan fingerprint density at radius 2 is 1.86 bits per heavy atom. The van der Waals surface area contributed by atoms with E-state index in [-0.39, 0.29) is 33.6 Å². The molecule has 12 heteroatoms. The Morgan fingerprint density at radius 3 is 2.51 bits per heavy atom. The number of rotatable bonds is 9. The summed E-state index contributed by atoms with van der Waals surface area (Å²) in [6.45, 7) is 1.72. The molecule has 1 unspecified atom stereocenters. The number of halogens is 5. The number of methoxy groups -OCH3 is 1. The smallest absolute Gasteiger partial charge is 0.417 e. The minimum absolute atomic E-state index is 0.00232. The highest BCUT2D eigenvalue weighted by Gasteiger charge is 2.34. The van der Waals surface area contributed by atoms with Crippen LogP contribution in [0.1, 0.15) is 28.5 Å². The molecule has 35 heavy (non-hydrogen) atoms. The zero-order valence-electron chi connectivity index (χ0n) is 18.4. The zero-order chi connectivity index (χ0) is 25.8. The van der Waals surface area contributed by atoms with Gasteiger partial charge >= 0.3 is 6.18 Å². The summed E-state index contributed by atoms with van der Waals surface area (Å²) in [5.41, 5.74) is -1.09. The van der Waals surface area contributed by atoms with Gasteiger partial charge in [-0.2, -0.15) is 13.2 Å². The summed E-state index contributed by atoms with van der Waals surface area (Å²) in [7, 11) is -0.955. The Kier molecular flexibility index (Phi) is 8.76. The number of alkyl halides is 3. The molecule has 0 radical (unpaired) electrons. The molecule has 0 fully saturated rings. The van der Waals surface area contributed by atoms with E-state index in [4.69, 9.17) is 32.7 Å². The fourth-order valence-electron chi connectivity index (χ4n) is 3.14. The molecule has 3 rings (SSSR count). The molecule has 6 nitrogen and oxygen atoms in total. The van der Waals surface area contributed by atoms with E-state index >= 15 is 0 Å². The summed E-state index contributed by atoms with van der Waals surface area (Å²) < 4.78 is 65.3. The van der Waals surface area contributed by atoms with E-state index in [1.165, 1.54) is 25.4 Å². The number of ketones is 1. The second-order valence-electron chi connectivity index (χ2n) is 6.96. The maximum atomic E-state index is 13.5. The minimum Gasteiger partial charge on any atom is -0.493 e. The van der Waals surface area contributed by atoms with Crippen LogP contribution in [0.25, 0.3) is 0 Å². The van der Waals surface area contributed by atoms with E-state index in [2.05, 4.69) is 4.98 Å². The highest BCUT2D eigenvalue weighted by Crippen LogP contribution is 2.37. The summed E-state index contributed by atoms with van der Waals surface area (Å²) >= 11 is 11.8. The van der Waals surface area contributed by atoms with Crippen LogP contribution in [-0.4, -0.2) is 35.4 Å². The first-order chi connectivity index (χ1) is 16.6. The Hall–Kier alpha value is -2.66. The average molecular weight is 547 g/mol. The van der Waals surface area contributed by atoms with E-state index in [9.17, 15) is 22.2 Å². The molecule has 0 saturated carbocycles. The summed E-state index contributed by atoms with van der Waals surface area (Å²) in [4.78, 5) is 17.4. The second kappa shape index (κ2) is 11.4. The van der Waals surface area contributed by atoms with Crippen LogP contribution in [0.15, 0.2) is 59.6 Å². The van der Waals surface area contributed by atoms with Gasteiger partial charge in [0.15, 0.2) is 11.0 Å². The number of pyridine rings is 1. The van der Waals surface area contributed by atoms with Crippen LogP contribution in [-0.2, 0) is 21.9 Å². The molecule has 0 N–H and O–H groups in total. The van der Waals surface area contributed by atoms with Crippen LogP contribution in [0.5, 0.6) is 5.75 Å². The number of para-hydroxylation sites is 1. The third kappa shape index (κ3) is 6.13. The van der Waals surface area contributed by atoms with E-state index in [0.29, 0.717) is 18.4 Å². The van der Waals surface area contributed by atoms with Crippen LogP contribution < -0.4 is 9.04 Å². The van der Waals surface area contributed by atoms with Crippen molar-refractivity contribution in [2.24, 2.45) is 0 Å². The largest absolute Gasteiger partial charge is 0.493 e. The maximum absolute atomic E-state index is 13.5. The van der Waals surface area contributed by atoms with Crippen molar-refractivity contribution in [2.75, 3.05) is 24.8 Å². The minimum atomic E-state index is -4.76. The Bertz CT molecular complexity index is 1260. The number of ether oxygens (including phenoxy) is 2. The van der Waals surface area contributed by atoms with E-state index in [1.807, 2.05) is 0 Å². The highest BCUT2D eigenvalue weighted by molar-refractivity contribution is 7.86. The van der Waals surface area contributed by atoms with Gasteiger partial charge < -0.3 is 9.47 Å². The van der Waals surface area contributed by atoms with Crippen molar-refractivity contribution in [3.05, 3.63) is 81.6 Å². The highest BCUT2D eigenvalue weighted by atomic mass is 35.5. The third-order valence-corrected chi connectivity index (χ3v) is 6.54. The first-order valence-corrected chi connectivity index (χ1v) is 11.9. The van der Waals surface area contributed by atoms with Crippen LogP contribution in [0, 0.1) is 0 Å². The molecular weight excluding hydrogens is 528 g/mol. The lowest BCUT2D eigenvalue weighted by Gasteiger charge is -2.25. The number of hydrogen-bond donors (Lipinski definition) is 0. The number of carbonyl (C=O) groups excluding carboxylic acids is 1. The van der Waals surface area contributed by atoms with Crippen molar-refractivity contribution >= 4 is 45.7 Å². The van der Waals surface area contributed by atoms with Crippen LogP contribution in [0.4, 0.5) is 18.9 Å². The van der Waals surface area contributed by atoms with Gasteiger partial charge in [0, 0.05) is 13.3 Å². The van der Waals surface area contributed by atoms with Crippen molar-refractivity contribution in [3.8, 4) is 5.75 Å². The topological polar surface area (TPSA) is 68.7 Å². The van der Waals surface area contributed by atoms with Gasteiger partial charge in [-0.15, -0.1) is 0 Å². The molecule has 1 heterocycles. The molecule has 1 aromatic heterocycles. The maximum Gasteiger partial charge on any atom is 0.417 e. The molecule has 0 aliphatic rings.